The lowest BCUT2D eigenvalue weighted by Gasteiger charge is -2.24. The molecule has 1 rings (SSSR count). The van der Waals surface area contributed by atoms with E-state index in [1.807, 2.05) is 33.8 Å². The fraction of sp³-hybridized carbons (Fsp3) is 0.571. The molecule has 0 aromatic heterocycles. The summed E-state index contributed by atoms with van der Waals surface area (Å²) in [5, 5.41) is 0. The first-order valence-corrected chi connectivity index (χ1v) is 5.83. The Labute approximate surface area is 97.6 Å². The number of ether oxygens (including phenoxy) is 1. The van der Waals surface area contributed by atoms with Gasteiger partial charge in [-0.2, -0.15) is 0 Å². The molecule has 16 heavy (non-hydrogen) atoms. The fourth-order valence-electron chi connectivity index (χ4n) is 1.56. The largest absolute Gasteiger partial charge is 0.491 e. The van der Waals surface area contributed by atoms with Crippen molar-refractivity contribution >= 4 is 0 Å². The van der Waals surface area contributed by atoms with Gasteiger partial charge >= 0.3 is 0 Å². The summed E-state index contributed by atoms with van der Waals surface area (Å²) in [6.07, 6.45) is 1.01. The lowest BCUT2D eigenvalue weighted by Crippen LogP contribution is -2.18. The predicted molar refractivity (Wildman–Crippen MR) is 65.5 cm³/mol. The average molecular weight is 224 g/mol. The summed E-state index contributed by atoms with van der Waals surface area (Å²) in [5.41, 5.74) is 0.577. The molecule has 0 aliphatic carbocycles. The van der Waals surface area contributed by atoms with Crippen LogP contribution < -0.4 is 4.74 Å². The molecule has 0 saturated carbocycles. The van der Waals surface area contributed by atoms with Crippen molar-refractivity contribution in [1.82, 2.24) is 0 Å². The van der Waals surface area contributed by atoms with E-state index in [0.29, 0.717) is 0 Å². The first-order chi connectivity index (χ1) is 7.36. The zero-order valence-electron chi connectivity index (χ0n) is 10.8. The van der Waals surface area contributed by atoms with Gasteiger partial charge in [-0.3, -0.25) is 0 Å². The van der Waals surface area contributed by atoms with Crippen LogP contribution in [0, 0.1) is 5.82 Å². The zero-order valence-corrected chi connectivity index (χ0v) is 10.8. The van der Waals surface area contributed by atoms with Crippen LogP contribution >= 0.6 is 0 Å². The van der Waals surface area contributed by atoms with Gasteiger partial charge in [0.15, 0.2) is 0 Å². The summed E-state index contributed by atoms with van der Waals surface area (Å²) in [6.45, 7) is 10.1. The van der Waals surface area contributed by atoms with Crippen LogP contribution in [0.15, 0.2) is 18.2 Å². The van der Waals surface area contributed by atoms with Gasteiger partial charge in [0.05, 0.1) is 6.10 Å². The second kappa shape index (κ2) is 4.86. The van der Waals surface area contributed by atoms with Gasteiger partial charge in [0.25, 0.3) is 0 Å². The molecule has 0 saturated heterocycles. The predicted octanol–water partition coefficient (Wildman–Crippen LogP) is 4.30. The van der Waals surface area contributed by atoms with Crippen molar-refractivity contribution in [2.45, 2.75) is 52.6 Å². The molecular formula is C14H21FO. The molecule has 0 radical (unpaired) electrons. The number of rotatable bonds is 4. The van der Waals surface area contributed by atoms with E-state index in [9.17, 15) is 4.39 Å². The van der Waals surface area contributed by atoms with Crippen molar-refractivity contribution in [2.24, 2.45) is 0 Å². The lowest BCUT2D eigenvalue weighted by molar-refractivity contribution is 0.241. The van der Waals surface area contributed by atoms with Crippen LogP contribution in [0.25, 0.3) is 0 Å². The van der Waals surface area contributed by atoms with Crippen LogP contribution in [0.2, 0.25) is 0 Å². The summed E-state index contributed by atoms with van der Waals surface area (Å²) in [6, 6.07) is 4.99. The molecule has 1 nitrogen and oxygen atoms in total. The normalized spacial score (nSPS) is 11.9. The molecule has 0 N–H and O–H groups in total. The molecular weight excluding hydrogens is 203 g/mol. The van der Waals surface area contributed by atoms with Crippen LogP contribution in [0.1, 0.15) is 46.6 Å². The molecule has 0 spiro atoms. The molecule has 90 valence electrons. The van der Waals surface area contributed by atoms with Crippen molar-refractivity contribution in [1.29, 1.82) is 0 Å². The highest BCUT2D eigenvalue weighted by Gasteiger charge is 2.22. The van der Waals surface area contributed by atoms with Crippen LogP contribution in [0.3, 0.4) is 0 Å². The van der Waals surface area contributed by atoms with Gasteiger partial charge in [-0.1, -0.05) is 20.8 Å². The summed E-state index contributed by atoms with van der Waals surface area (Å²) in [4.78, 5) is 0. The van der Waals surface area contributed by atoms with Crippen molar-refractivity contribution in [3.8, 4) is 5.75 Å². The van der Waals surface area contributed by atoms with E-state index in [1.54, 1.807) is 6.07 Å². The Hall–Kier alpha value is -1.05. The van der Waals surface area contributed by atoms with Crippen molar-refractivity contribution in [3.63, 3.8) is 0 Å². The Kier molecular flexibility index (Phi) is 3.95. The van der Waals surface area contributed by atoms with Crippen LogP contribution in [-0.4, -0.2) is 6.10 Å². The Morgan fingerprint density at radius 2 is 1.94 bits per heavy atom. The Balaban J connectivity index is 3.08. The van der Waals surface area contributed by atoms with E-state index in [4.69, 9.17) is 4.74 Å². The third-order valence-corrected chi connectivity index (χ3v) is 2.92. The molecule has 0 aliphatic rings. The van der Waals surface area contributed by atoms with Crippen LogP contribution in [0.5, 0.6) is 5.75 Å². The Morgan fingerprint density at radius 3 is 2.44 bits per heavy atom. The SMILES string of the molecule is CCC(C)(C)c1cc(OC(C)C)ccc1F. The van der Waals surface area contributed by atoms with Gasteiger partial charge in [0.2, 0.25) is 0 Å². The maximum atomic E-state index is 13.7. The van der Waals surface area contributed by atoms with Gasteiger partial charge < -0.3 is 4.74 Å². The van der Waals surface area contributed by atoms with Gasteiger partial charge in [0.1, 0.15) is 11.6 Å². The molecule has 1 aromatic carbocycles. The monoisotopic (exact) mass is 224 g/mol. The molecule has 0 aliphatic heterocycles. The third-order valence-electron chi connectivity index (χ3n) is 2.92. The Morgan fingerprint density at radius 1 is 1.31 bits per heavy atom. The highest BCUT2D eigenvalue weighted by molar-refractivity contribution is 5.34. The van der Waals surface area contributed by atoms with E-state index in [1.165, 1.54) is 6.07 Å². The number of halogens is 1. The van der Waals surface area contributed by atoms with E-state index >= 15 is 0 Å². The van der Waals surface area contributed by atoms with Gasteiger partial charge in [-0.15, -0.1) is 0 Å². The van der Waals surface area contributed by atoms with Crippen molar-refractivity contribution < 1.29 is 9.13 Å². The molecule has 0 amide bonds. The minimum atomic E-state index is -0.152. The maximum Gasteiger partial charge on any atom is 0.127 e. The summed E-state index contributed by atoms with van der Waals surface area (Å²) in [5.74, 6) is 0.593. The molecule has 0 unspecified atom stereocenters. The van der Waals surface area contributed by atoms with Crippen LogP contribution in [0.4, 0.5) is 4.39 Å². The fourth-order valence-corrected chi connectivity index (χ4v) is 1.56. The minimum Gasteiger partial charge on any atom is -0.491 e. The summed E-state index contributed by atoms with van der Waals surface area (Å²) >= 11 is 0. The molecule has 0 atom stereocenters. The number of hydrogen-bond acceptors (Lipinski definition) is 1. The van der Waals surface area contributed by atoms with E-state index in [0.717, 1.165) is 17.7 Å². The minimum absolute atomic E-state index is 0.114. The molecule has 1 aromatic rings. The van der Waals surface area contributed by atoms with E-state index in [2.05, 4.69) is 6.92 Å². The molecule has 0 bridgehead atoms. The second-order valence-electron chi connectivity index (χ2n) is 5.05. The van der Waals surface area contributed by atoms with E-state index in [-0.39, 0.29) is 17.3 Å². The molecule has 0 fully saturated rings. The average Bonchev–Trinajstić information content (AvgIpc) is 2.20. The smallest absolute Gasteiger partial charge is 0.127 e. The van der Waals surface area contributed by atoms with Gasteiger partial charge in [-0.25, -0.2) is 4.39 Å². The standard InChI is InChI=1S/C14H21FO/c1-6-14(4,5)12-9-11(16-10(2)3)7-8-13(12)15/h7-10H,6H2,1-5H3. The lowest BCUT2D eigenvalue weighted by atomic mass is 9.82. The maximum absolute atomic E-state index is 13.7. The Bertz CT molecular complexity index is 356. The van der Waals surface area contributed by atoms with Crippen LogP contribution in [-0.2, 0) is 5.41 Å². The van der Waals surface area contributed by atoms with Gasteiger partial charge in [0, 0.05) is 0 Å². The molecule has 0 heterocycles. The van der Waals surface area contributed by atoms with Gasteiger partial charge in [-0.05, 0) is 49.4 Å². The summed E-state index contributed by atoms with van der Waals surface area (Å²) < 4.78 is 19.3. The van der Waals surface area contributed by atoms with Crippen molar-refractivity contribution in [2.75, 3.05) is 0 Å². The quantitative estimate of drug-likeness (QED) is 0.741. The first kappa shape index (κ1) is 13.0. The molecule has 2 heteroatoms. The first-order valence-electron chi connectivity index (χ1n) is 5.83. The highest BCUT2D eigenvalue weighted by atomic mass is 19.1. The highest BCUT2D eigenvalue weighted by Crippen LogP contribution is 2.31. The third kappa shape index (κ3) is 2.97. The number of hydrogen-bond donors (Lipinski definition) is 0. The topological polar surface area (TPSA) is 9.23 Å². The summed E-state index contributed by atoms with van der Waals surface area (Å²) in [7, 11) is 0. The number of benzene rings is 1. The van der Waals surface area contributed by atoms with Crippen molar-refractivity contribution in [3.05, 3.63) is 29.6 Å². The second-order valence-corrected chi connectivity index (χ2v) is 5.05. The van der Waals surface area contributed by atoms with E-state index < -0.39 is 0 Å². The zero-order chi connectivity index (χ0) is 12.3.